The highest BCUT2D eigenvalue weighted by Gasteiger charge is 2.16. The van der Waals surface area contributed by atoms with Crippen molar-refractivity contribution in [2.75, 3.05) is 0 Å². The van der Waals surface area contributed by atoms with Gasteiger partial charge in [0.05, 0.1) is 23.4 Å². The van der Waals surface area contributed by atoms with Crippen LogP contribution in [0.15, 0.2) is 48.8 Å². The van der Waals surface area contributed by atoms with E-state index in [1.807, 2.05) is 17.6 Å². The fraction of sp³-hybridized carbons (Fsp3) is 0.125. The molecule has 1 aromatic heterocycles. The van der Waals surface area contributed by atoms with Gasteiger partial charge in [0, 0.05) is 0 Å². The van der Waals surface area contributed by atoms with Gasteiger partial charge in [-0.15, -0.1) is 0 Å². The largest absolute Gasteiger partial charge is 0.478 e. The number of hydrogen-bond donors (Lipinski definition) is 1. The topological polar surface area (TPSA) is 55.1 Å². The van der Waals surface area contributed by atoms with Crippen LogP contribution in [-0.2, 0) is 0 Å². The molecule has 0 saturated heterocycles. The summed E-state index contributed by atoms with van der Waals surface area (Å²) in [6.45, 7) is 1.96. The first-order chi connectivity index (χ1) is 10.1. The summed E-state index contributed by atoms with van der Waals surface area (Å²) < 4.78 is 14.9. The summed E-state index contributed by atoms with van der Waals surface area (Å²) in [7, 11) is 0. The number of halogens is 1. The average Bonchev–Trinajstić information content (AvgIpc) is 2.90. The van der Waals surface area contributed by atoms with Crippen LogP contribution in [0.3, 0.4) is 0 Å². The van der Waals surface area contributed by atoms with Crippen LogP contribution in [0.25, 0.3) is 11.0 Å². The van der Waals surface area contributed by atoms with Gasteiger partial charge in [0.15, 0.2) is 0 Å². The zero-order valence-electron chi connectivity index (χ0n) is 11.3. The first-order valence-corrected chi connectivity index (χ1v) is 6.52. The van der Waals surface area contributed by atoms with Crippen molar-refractivity contribution in [3.8, 4) is 0 Å². The number of carboxylic acids is 1. The Morgan fingerprint density at radius 3 is 2.62 bits per heavy atom. The summed E-state index contributed by atoms with van der Waals surface area (Å²) in [6.07, 6.45) is 1.62. The van der Waals surface area contributed by atoms with Crippen molar-refractivity contribution < 1.29 is 14.3 Å². The number of rotatable bonds is 3. The molecule has 1 heterocycles. The molecule has 2 aromatic carbocycles. The fourth-order valence-corrected chi connectivity index (χ4v) is 2.44. The Morgan fingerprint density at radius 2 is 1.95 bits per heavy atom. The quantitative estimate of drug-likeness (QED) is 0.801. The first-order valence-electron chi connectivity index (χ1n) is 6.52. The summed E-state index contributed by atoms with van der Waals surface area (Å²) in [5, 5.41) is 9.19. The third kappa shape index (κ3) is 2.27. The maximum atomic E-state index is 13.0. The number of hydrogen-bond acceptors (Lipinski definition) is 2. The van der Waals surface area contributed by atoms with E-state index in [9.17, 15) is 14.3 Å². The second-order valence-corrected chi connectivity index (χ2v) is 4.86. The van der Waals surface area contributed by atoms with Crippen molar-refractivity contribution in [3.63, 3.8) is 0 Å². The van der Waals surface area contributed by atoms with Crippen molar-refractivity contribution in [1.29, 1.82) is 0 Å². The molecule has 4 nitrogen and oxygen atoms in total. The van der Waals surface area contributed by atoms with Crippen LogP contribution in [0.1, 0.15) is 28.9 Å². The third-order valence-electron chi connectivity index (χ3n) is 3.60. The molecule has 1 atom stereocenters. The fourth-order valence-electron chi connectivity index (χ4n) is 2.44. The van der Waals surface area contributed by atoms with Gasteiger partial charge < -0.3 is 9.67 Å². The van der Waals surface area contributed by atoms with Crippen molar-refractivity contribution in [2.45, 2.75) is 13.0 Å². The zero-order valence-corrected chi connectivity index (χ0v) is 11.3. The number of carbonyl (C=O) groups is 1. The van der Waals surface area contributed by atoms with E-state index >= 15 is 0 Å². The summed E-state index contributed by atoms with van der Waals surface area (Å²) in [6, 6.07) is 11.2. The molecule has 1 N–H and O–H groups in total. The van der Waals surface area contributed by atoms with Crippen molar-refractivity contribution >= 4 is 17.0 Å². The summed E-state index contributed by atoms with van der Waals surface area (Å²) in [5.41, 5.74) is 2.31. The standard InChI is InChI=1S/C16H13FN2O2/c1-10(11-5-7-12(17)8-6-11)19-9-18-15-13(16(20)21)3-2-4-14(15)19/h2-10H,1H3,(H,20,21). The molecule has 0 spiro atoms. The second kappa shape index (κ2) is 5.01. The van der Waals surface area contributed by atoms with Gasteiger partial charge in [-0.25, -0.2) is 14.2 Å². The number of para-hydroxylation sites is 1. The van der Waals surface area contributed by atoms with E-state index in [1.165, 1.54) is 18.2 Å². The maximum absolute atomic E-state index is 13.0. The molecular weight excluding hydrogens is 271 g/mol. The number of carboxylic acid groups (broad SMARTS) is 1. The van der Waals surface area contributed by atoms with Crippen molar-refractivity contribution in [1.82, 2.24) is 9.55 Å². The third-order valence-corrected chi connectivity index (χ3v) is 3.60. The minimum Gasteiger partial charge on any atom is -0.478 e. The molecule has 0 saturated carbocycles. The van der Waals surface area contributed by atoms with E-state index in [1.54, 1.807) is 24.5 Å². The minimum absolute atomic E-state index is 0.0698. The molecule has 0 radical (unpaired) electrons. The lowest BCUT2D eigenvalue weighted by molar-refractivity contribution is 0.0699. The molecule has 0 fully saturated rings. The number of imidazole rings is 1. The highest BCUT2D eigenvalue weighted by atomic mass is 19.1. The summed E-state index contributed by atoms with van der Waals surface area (Å²) >= 11 is 0. The van der Waals surface area contributed by atoms with Crippen LogP contribution in [0.5, 0.6) is 0 Å². The predicted octanol–water partition coefficient (Wildman–Crippen LogP) is 3.48. The van der Waals surface area contributed by atoms with E-state index in [0.29, 0.717) is 5.52 Å². The molecule has 1 unspecified atom stereocenters. The Bertz CT molecular complexity index is 809. The van der Waals surface area contributed by atoms with Crippen molar-refractivity contribution in [2.24, 2.45) is 0 Å². The number of aromatic nitrogens is 2. The van der Waals surface area contributed by atoms with E-state index < -0.39 is 5.97 Å². The normalized spacial score (nSPS) is 12.5. The molecule has 0 aliphatic rings. The Morgan fingerprint density at radius 1 is 1.24 bits per heavy atom. The van der Waals surface area contributed by atoms with Gasteiger partial charge in [-0.3, -0.25) is 0 Å². The second-order valence-electron chi connectivity index (χ2n) is 4.86. The van der Waals surface area contributed by atoms with Crippen LogP contribution >= 0.6 is 0 Å². The van der Waals surface area contributed by atoms with Crippen molar-refractivity contribution in [3.05, 3.63) is 65.7 Å². The highest BCUT2D eigenvalue weighted by Crippen LogP contribution is 2.25. The summed E-state index contributed by atoms with van der Waals surface area (Å²) in [5.74, 6) is -1.28. The Kier molecular flexibility index (Phi) is 3.17. The molecular formula is C16H13FN2O2. The number of fused-ring (bicyclic) bond motifs is 1. The van der Waals surface area contributed by atoms with E-state index in [0.717, 1.165) is 11.1 Å². The molecule has 3 aromatic rings. The SMILES string of the molecule is CC(c1ccc(F)cc1)n1cnc2c(C(=O)O)cccc21. The number of benzene rings is 2. The molecule has 5 heteroatoms. The van der Waals surface area contributed by atoms with Crippen LogP contribution < -0.4 is 0 Å². The van der Waals surface area contributed by atoms with Gasteiger partial charge in [-0.05, 0) is 36.8 Å². The zero-order chi connectivity index (χ0) is 15.0. The first kappa shape index (κ1) is 13.3. The van der Waals surface area contributed by atoms with Crippen LogP contribution in [-0.4, -0.2) is 20.6 Å². The number of nitrogens with zero attached hydrogens (tertiary/aromatic N) is 2. The lowest BCUT2D eigenvalue weighted by Gasteiger charge is -2.15. The predicted molar refractivity (Wildman–Crippen MR) is 76.9 cm³/mol. The minimum atomic E-state index is -1.000. The monoisotopic (exact) mass is 284 g/mol. The van der Waals surface area contributed by atoms with E-state index in [2.05, 4.69) is 4.98 Å². The van der Waals surface area contributed by atoms with Gasteiger partial charge >= 0.3 is 5.97 Å². The molecule has 21 heavy (non-hydrogen) atoms. The Hall–Kier alpha value is -2.69. The van der Waals surface area contributed by atoms with Gasteiger partial charge in [0.1, 0.15) is 11.3 Å². The smallest absolute Gasteiger partial charge is 0.337 e. The molecule has 0 bridgehead atoms. The number of aromatic carboxylic acids is 1. The van der Waals surface area contributed by atoms with Gasteiger partial charge in [0.2, 0.25) is 0 Å². The van der Waals surface area contributed by atoms with Crippen LogP contribution in [0, 0.1) is 5.82 Å². The maximum Gasteiger partial charge on any atom is 0.337 e. The van der Waals surface area contributed by atoms with Crippen LogP contribution in [0.4, 0.5) is 4.39 Å². The molecule has 0 aliphatic carbocycles. The summed E-state index contributed by atoms with van der Waals surface area (Å²) in [4.78, 5) is 15.4. The highest BCUT2D eigenvalue weighted by molar-refractivity contribution is 6.00. The average molecular weight is 284 g/mol. The Labute approximate surface area is 120 Å². The van der Waals surface area contributed by atoms with E-state index in [-0.39, 0.29) is 17.4 Å². The van der Waals surface area contributed by atoms with E-state index in [4.69, 9.17) is 0 Å². The molecule has 0 amide bonds. The molecule has 3 rings (SSSR count). The van der Waals surface area contributed by atoms with Crippen LogP contribution in [0.2, 0.25) is 0 Å². The molecule has 106 valence electrons. The Balaban J connectivity index is 2.11. The van der Waals surface area contributed by atoms with Gasteiger partial charge in [0.25, 0.3) is 0 Å². The lowest BCUT2D eigenvalue weighted by Crippen LogP contribution is -2.05. The van der Waals surface area contributed by atoms with Gasteiger partial charge in [-0.1, -0.05) is 18.2 Å². The molecule has 0 aliphatic heterocycles. The van der Waals surface area contributed by atoms with Gasteiger partial charge in [-0.2, -0.15) is 0 Å². The lowest BCUT2D eigenvalue weighted by atomic mass is 10.1.